The molecule has 5 heteroatoms. The van der Waals surface area contributed by atoms with Crippen LogP contribution >= 0.6 is 0 Å². The van der Waals surface area contributed by atoms with Gasteiger partial charge in [0.15, 0.2) is 0 Å². The first-order valence-corrected chi connectivity index (χ1v) is 6.83. The van der Waals surface area contributed by atoms with Crippen LogP contribution in [0.4, 0.5) is 0 Å². The predicted molar refractivity (Wildman–Crippen MR) is 71.2 cm³/mol. The highest BCUT2D eigenvalue weighted by atomic mass is 16.2. The van der Waals surface area contributed by atoms with Crippen LogP contribution < -0.4 is 10.6 Å². The van der Waals surface area contributed by atoms with Gasteiger partial charge in [0.05, 0.1) is 6.54 Å². The molecule has 1 aliphatic rings. The Morgan fingerprint density at radius 2 is 1.89 bits per heavy atom. The lowest BCUT2D eigenvalue weighted by molar-refractivity contribution is -0.132. The van der Waals surface area contributed by atoms with Gasteiger partial charge in [-0.05, 0) is 12.8 Å². The molecule has 1 heterocycles. The molecule has 0 aromatic heterocycles. The molecule has 5 nitrogen and oxygen atoms in total. The van der Waals surface area contributed by atoms with Crippen molar-refractivity contribution < 1.29 is 9.59 Å². The van der Waals surface area contributed by atoms with E-state index in [9.17, 15) is 9.59 Å². The summed E-state index contributed by atoms with van der Waals surface area (Å²) in [6, 6.07) is 0.534. The third kappa shape index (κ3) is 5.04. The van der Waals surface area contributed by atoms with Crippen molar-refractivity contribution in [3.8, 4) is 0 Å². The molecule has 2 amide bonds. The van der Waals surface area contributed by atoms with E-state index in [0.29, 0.717) is 19.0 Å². The Kier molecular flexibility index (Phi) is 6.12. The first-order chi connectivity index (χ1) is 8.52. The highest BCUT2D eigenvalue weighted by molar-refractivity contribution is 5.78. The maximum atomic E-state index is 11.6. The van der Waals surface area contributed by atoms with Crippen LogP contribution in [0.3, 0.4) is 0 Å². The number of likely N-dealkylation sites (tertiary alicyclic amines) is 1. The summed E-state index contributed by atoms with van der Waals surface area (Å²) in [6.45, 7) is 7.80. The fourth-order valence-electron chi connectivity index (χ4n) is 2.07. The zero-order valence-corrected chi connectivity index (χ0v) is 11.7. The first-order valence-electron chi connectivity index (χ1n) is 6.83. The van der Waals surface area contributed by atoms with Gasteiger partial charge in [-0.2, -0.15) is 0 Å². The van der Waals surface area contributed by atoms with E-state index in [1.807, 2.05) is 25.7 Å². The van der Waals surface area contributed by atoms with Gasteiger partial charge in [-0.15, -0.1) is 0 Å². The largest absolute Gasteiger partial charge is 0.352 e. The van der Waals surface area contributed by atoms with Gasteiger partial charge in [-0.1, -0.05) is 20.8 Å². The summed E-state index contributed by atoms with van der Waals surface area (Å²) in [5, 5.41) is 6.11. The number of amides is 2. The van der Waals surface area contributed by atoms with Crippen molar-refractivity contribution in [1.29, 1.82) is 0 Å². The molecule has 104 valence electrons. The van der Waals surface area contributed by atoms with E-state index in [4.69, 9.17) is 0 Å². The van der Waals surface area contributed by atoms with E-state index in [1.165, 1.54) is 0 Å². The number of hydrogen-bond donors (Lipinski definition) is 2. The summed E-state index contributed by atoms with van der Waals surface area (Å²) in [5.41, 5.74) is 0. The van der Waals surface area contributed by atoms with Crippen LogP contribution in [0.25, 0.3) is 0 Å². The smallest absolute Gasteiger partial charge is 0.234 e. The van der Waals surface area contributed by atoms with E-state index >= 15 is 0 Å². The average Bonchev–Trinajstić information content (AvgIpc) is 2.36. The maximum Gasteiger partial charge on any atom is 0.234 e. The molecule has 1 saturated heterocycles. The Morgan fingerprint density at radius 1 is 1.28 bits per heavy atom. The van der Waals surface area contributed by atoms with Crippen LogP contribution in [-0.2, 0) is 9.59 Å². The minimum atomic E-state index is 0.0453. The third-order valence-corrected chi connectivity index (χ3v) is 3.19. The molecule has 0 radical (unpaired) electrons. The van der Waals surface area contributed by atoms with Crippen LogP contribution in [0.5, 0.6) is 0 Å². The number of hydrogen-bond acceptors (Lipinski definition) is 3. The Labute approximate surface area is 109 Å². The number of piperidine rings is 1. The molecule has 0 aliphatic carbocycles. The van der Waals surface area contributed by atoms with Gasteiger partial charge in [-0.3, -0.25) is 9.59 Å². The highest BCUT2D eigenvalue weighted by Crippen LogP contribution is 2.11. The number of carbonyl (C=O) groups excluding carboxylic acids is 2. The normalized spacial score (nSPS) is 17.0. The Bertz CT molecular complexity index is 284. The van der Waals surface area contributed by atoms with Crippen LogP contribution in [0.1, 0.15) is 40.0 Å². The molecular weight excluding hydrogens is 230 g/mol. The number of carbonyl (C=O) groups is 2. The van der Waals surface area contributed by atoms with Crippen LogP contribution in [0.15, 0.2) is 0 Å². The maximum absolute atomic E-state index is 11.6. The van der Waals surface area contributed by atoms with Gasteiger partial charge < -0.3 is 15.5 Å². The molecule has 1 rings (SSSR count). The molecule has 0 aromatic rings. The summed E-state index contributed by atoms with van der Waals surface area (Å²) in [5.74, 6) is 0.255. The van der Waals surface area contributed by atoms with Crippen LogP contribution in [0.2, 0.25) is 0 Å². The minimum Gasteiger partial charge on any atom is -0.352 e. The van der Waals surface area contributed by atoms with Gasteiger partial charge in [0.1, 0.15) is 0 Å². The SMILES string of the molecule is CCC(=O)N1CCC(NC(=O)CNC(C)C)CC1. The van der Waals surface area contributed by atoms with E-state index in [-0.39, 0.29) is 17.9 Å². The zero-order valence-electron chi connectivity index (χ0n) is 11.7. The number of nitrogens with one attached hydrogen (secondary N) is 2. The fraction of sp³-hybridized carbons (Fsp3) is 0.846. The van der Waals surface area contributed by atoms with Gasteiger partial charge in [0.25, 0.3) is 0 Å². The molecule has 1 aliphatic heterocycles. The third-order valence-electron chi connectivity index (χ3n) is 3.19. The zero-order chi connectivity index (χ0) is 13.5. The molecule has 0 atom stereocenters. The highest BCUT2D eigenvalue weighted by Gasteiger charge is 2.22. The second-order valence-corrected chi connectivity index (χ2v) is 5.11. The van der Waals surface area contributed by atoms with Crippen molar-refractivity contribution in [2.24, 2.45) is 0 Å². The average molecular weight is 255 g/mol. The van der Waals surface area contributed by atoms with Crippen molar-refractivity contribution >= 4 is 11.8 Å². The number of nitrogens with zero attached hydrogens (tertiary/aromatic N) is 1. The molecule has 0 spiro atoms. The van der Waals surface area contributed by atoms with Gasteiger partial charge in [0, 0.05) is 31.6 Å². The molecule has 0 unspecified atom stereocenters. The molecule has 1 fully saturated rings. The molecule has 18 heavy (non-hydrogen) atoms. The lowest BCUT2D eigenvalue weighted by atomic mass is 10.0. The monoisotopic (exact) mass is 255 g/mol. The molecule has 0 aromatic carbocycles. The topological polar surface area (TPSA) is 61.4 Å². The summed E-state index contributed by atoms with van der Waals surface area (Å²) < 4.78 is 0. The lowest BCUT2D eigenvalue weighted by Crippen LogP contribution is -2.48. The predicted octanol–water partition coefficient (Wildman–Crippen LogP) is 0.502. The summed E-state index contributed by atoms with van der Waals surface area (Å²) in [7, 11) is 0. The molecule has 2 N–H and O–H groups in total. The Hall–Kier alpha value is -1.10. The molecule has 0 bridgehead atoms. The second kappa shape index (κ2) is 7.36. The molecule has 0 saturated carbocycles. The van der Waals surface area contributed by atoms with Crippen molar-refractivity contribution in [3.63, 3.8) is 0 Å². The van der Waals surface area contributed by atoms with Crippen molar-refractivity contribution in [2.75, 3.05) is 19.6 Å². The fourth-order valence-corrected chi connectivity index (χ4v) is 2.07. The summed E-state index contributed by atoms with van der Waals surface area (Å²) >= 11 is 0. The van der Waals surface area contributed by atoms with E-state index in [0.717, 1.165) is 25.9 Å². The van der Waals surface area contributed by atoms with Crippen molar-refractivity contribution in [2.45, 2.75) is 52.1 Å². The van der Waals surface area contributed by atoms with Crippen molar-refractivity contribution in [1.82, 2.24) is 15.5 Å². The Balaban J connectivity index is 2.23. The standard InChI is InChI=1S/C13H25N3O2/c1-4-13(18)16-7-5-11(6-8-16)15-12(17)9-14-10(2)3/h10-11,14H,4-9H2,1-3H3,(H,15,17). The summed E-state index contributed by atoms with van der Waals surface area (Å²) in [4.78, 5) is 25.0. The lowest BCUT2D eigenvalue weighted by Gasteiger charge is -2.32. The van der Waals surface area contributed by atoms with Crippen molar-refractivity contribution in [3.05, 3.63) is 0 Å². The van der Waals surface area contributed by atoms with E-state index < -0.39 is 0 Å². The number of rotatable bonds is 5. The van der Waals surface area contributed by atoms with Crippen LogP contribution in [-0.4, -0.2) is 48.4 Å². The van der Waals surface area contributed by atoms with Gasteiger partial charge in [-0.25, -0.2) is 0 Å². The quantitative estimate of drug-likeness (QED) is 0.752. The van der Waals surface area contributed by atoms with Gasteiger partial charge in [0.2, 0.25) is 11.8 Å². The molecular formula is C13H25N3O2. The van der Waals surface area contributed by atoms with Crippen LogP contribution in [0, 0.1) is 0 Å². The minimum absolute atomic E-state index is 0.0453. The first kappa shape index (κ1) is 15.0. The van der Waals surface area contributed by atoms with E-state index in [1.54, 1.807) is 0 Å². The van der Waals surface area contributed by atoms with E-state index in [2.05, 4.69) is 10.6 Å². The Morgan fingerprint density at radius 3 is 2.39 bits per heavy atom. The summed E-state index contributed by atoms with van der Waals surface area (Å²) in [6.07, 6.45) is 2.29. The second-order valence-electron chi connectivity index (χ2n) is 5.11. The van der Waals surface area contributed by atoms with Gasteiger partial charge >= 0.3 is 0 Å².